The topological polar surface area (TPSA) is 78.9 Å². The normalized spacial score (nSPS) is 17.6. The number of carbonyl (C=O) groups is 1. The van der Waals surface area contributed by atoms with Gasteiger partial charge in [-0.25, -0.2) is 14.8 Å². The summed E-state index contributed by atoms with van der Waals surface area (Å²) in [6.07, 6.45) is 3.48. The van der Waals surface area contributed by atoms with Crippen molar-refractivity contribution in [2.75, 3.05) is 18.4 Å². The molecule has 9 heteroatoms. The summed E-state index contributed by atoms with van der Waals surface area (Å²) in [5.74, 6) is -0.128. The molecule has 0 saturated carbocycles. The molecule has 2 rings (SSSR count). The molecule has 1 aromatic rings. The Morgan fingerprint density at radius 2 is 2.17 bits per heavy atom. The number of nitrogens with one attached hydrogen (secondary N) is 3. The summed E-state index contributed by atoms with van der Waals surface area (Å²) >= 11 is 0. The Morgan fingerprint density at radius 1 is 1.35 bits per heavy atom. The van der Waals surface area contributed by atoms with Gasteiger partial charge in [0, 0.05) is 25.3 Å². The van der Waals surface area contributed by atoms with Crippen LogP contribution in [0.5, 0.6) is 0 Å². The van der Waals surface area contributed by atoms with E-state index in [-0.39, 0.29) is 31.1 Å². The Morgan fingerprint density at radius 3 is 2.87 bits per heavy atom. The van der Waals surface area contributed by atoms with Crippen molar-refractivity contribution < 1.29 is 18.0 Å². The van der Waals surface area contributed by atoms with Crippen molar-refractivity contribution in [1.82, 2.24) is 20.6 Å². The first-order valence-electron chi connectivity index (χ1n) is 7.30. The van der Waals surface area contributed by atoms with Gasteiger partial charge in [-0.15, -0.1) is 0 Å². The van der Waals surface area contributed by atoms with Gasteiger partial charge >= 0.3 is 12.2 Å². The van der Waals surface area contributed by atoms with E-state index in [4.69, 9.17) is 0 Å². The zero-order chi connectivity index (χ0) is 16.7. The van der Waals surface area contributed by atoms with Crippen LogP contribution in [0.1, 0.15) is 25.0 Å². The van der Waals surface area contributed by atoms with Crippen molar-refractivity contribution >= 4 is 12.0 Å². The molecule has 0 aromatic carbocycles. The molecule has 0 fully saturated rings. The lowest BCUT2D eigenvalue weighted by Crippen LogP contribution is -2.43. The minimum absolute atomic E-state index is 0.0310. The number of hydrogen-bond acceptors (Lipinski definition) is 4. The summed E-state index contributed by atoms with van der Waals surface area (Å²) in [5.41, 5.74) is -1.01. The van der Waals surface area contributed by atoms with Gasteiger partial charge in [0.2, 0.25) is 5.95 Å². The number of carbonyl (C=O) groups excluding carboxylic acids is 1. The van der Waals surface area contributed by atoms with Crippen molar-refractivity contribution in [2.45, 2.75) is 31.5 Å². The van der Waals surface area contributed by atoms with Crippen molar-refractivity contribution in [3.63, 3.8) is 0 Å². The fourth-order valence-corrected chi connectivity index (χ4v) is 2.10. The van der Waals surface area contributed by atoms with Crippen molar-refractivity contribution in [3.05, 3.63) is 30.1 Å². The van der Waals surface area contributed by atoms with Crippen LogP contribution in [0.4, 0.5) is 23.9 Å². The standard InChI is InChI=1S/C14H18F3N5O/c15-14(16,17)11-6-7-18-12(22-11)19-8-9-20-13(23)21-10-4-2-1-3-5-10/h2,4,6-7,10H,1,3,5,8-9H2,(H,18,19,22)(H2,20,21,23)/t10-/m0/s1. The zero-order valence-electron chi connectivity index (χ0n) is 12.4. The van der Waals surface area contributed by atoms with E-state index in [0.29, 0.717) is 0 Å². The van der Waals surface area contributed by atoms with Crippen LogP contribution in [0.3, 0.4) is 0 Å². The molecule has 23 heavy (non-hydrogen) atoms. The lowest BCUT2D eigenvalue weighted by atomic mass is 10.0. The fraction of sp³-hybridized carbons (Fsp3) is 0.500. The largest absolute Gasteiger partial charge is 0.433 e. The predicted molar refractivity (Wildman–Crippen MR) is 78.8 cm³/mol. The van der Waals surface area contributed by atoms with E-state index in [1.165, 1.54) is 0 Å². The minimum Gasteiger partial charge on any atom is -0.352 e. The molecule has 3 N–H and O–H groups in total. The number of allylic oxidation sites excluding steroid dienone is 1. The second-order valence-corrected chi connectivity index (χ2v) is 5.06. The van der Waals surface area contributed by atoms with E-state index in [0.717, 1.165) is 31.5 Å². The molecular weight excluding hydrogens is 311 g/mol. The second kappa shape index (κ2) is 7.80. The monoisotopic (exact) mass is 329 g/mol. The lowest BCUT2D eigenvalue weighted by Gasteiger charge is -2.18. The first-order chi connectivity index (χ1) is 10.9. The van der Waals surface area contributed by atoms with Crippen LogP contribution in [0, 0.1) is 0 Å². The van der Waals surface area contributed by atoms with Gasteiger partial charge in [0.25, 0.3) is 0 Å². The molecule has 1 aliphatic carbocycles. The van der Waals surface area contributed by atoms with E-state index in [2.05, 4.69) is 25.9 Å². The predicted octanol–water partition coefficient (Wildman–Crippen LogP) is 2.32. The summed E-state index contributed by atoms with van der Waals surface area (Å²) in [5, 5.41) is 8.06. The number of alkyl halides is 3. The zero-order valence-corrected chi connectivity index (χ0v) is 12.4. The second-order valence-electron chi connectivity index (χ2n) is 5.06. The van der Waals surface area contributed by atoms with Gasteiger partial charge in [-0.3, -0.25) is 0 Å². The van der Waals surface area contributed by atoms with Gasteiger partial charge in [-0.2, -0.15) is 13.2 Å². The summed E-state index contributed by atoms with van der Waals surface area (Å²) in [6.45, 7) is 0.455. The number of nitrogens with zero attached hydrogens (tertiary/aromatic N) is 2. The molecule has 0 saturated heterocycles. The third-order valence-corrected chi connectivity index (χ3v) is 3.21. The van der Waals surface area contributed by atoms with Gasteiger partial charge in [0.15, 0.2) is 0 Å². The molecule has 6 nitrogen and oxygen atoms in total. The molecule has 1 atom stereocenters. The Balaban J connectivity index is 1.70. The molecule has 0 aliphatic heterocycles. The van der Waals surface area contributed by atoms with Crippen LogP contribution < -0.4 is 16.0 Å². The number of urea groups is 1. The van der Waals surface area contributed by atoms with Crippen LogP contribution in [0.15, 0.2) is 24.4 Å². The Hall–Kier alpha value is -2.32. The highest BCUT2D eigenvalue weighted by atomic mass is 19.4. The summed E-state index contributed by atoms with van der Waals surface area (Å²) in [7, 11) is 0. The molecule has 1 aliphatic rings. The highest BCUT2D eigenvalue weighted by molar-refractivity contribution is 5.74. The van der Waals surface area contributed by atoms with Gasteiger partial charge in [-0.1, -0.05) is 12.2 Å². The summed E-state index contributed by atoms with van der Waals surface area (Å²) in [6, 6.07) is 0.519. The average molecular weight is 329 g/mol. The van der Waals surface area contributed by atoms with Gasteiger partial charge in [0.05, 0.1) is 0 Å². The molecule has 0 radical (unpaired) electrons. The molecule has 0 bridgehead atoms. The van der Waals surface area contributed by atoms with Gasteiger partial charge in [0.1, 0.15) is 5.69 Å². The fourth-order valence-electron chi connectivity index (χ4n) is 2.10. The Kier molecular flexibility index (Phi) is 5.78. The van der Waals surface area contributed by atoms with E-state index < -0.39 is 11.9 Å². The highest BCUT2D eigenvalue weighted by Gasteiger charge is 2.32. The number of aromatic nitrogens is 2. The molecule has 2 amide bonds. The summed E-state index contributed by atoms with van der Waals surface area (Å²) < 4.78 is 37.5. The van der Waals surface area contributed by atoms with Gasteiger partial charge < -0.3 is 16.0 Å². The maximum absolute atomic E-state index is 12.5. The van der Waals surface area contributed by atoms with Crippen molar-refractivity contribution in [3.8, 4) is 0 Å². The maximum atomic E-state index is 12.5. The first kappa shape index (κ1) is 17.0. The Labute approximate surface area is 131 Å². The van der Waals surface area contributed by atoms with E-state index >= 15 is 0 Å². The van der Waals surface area contributed by atoms with Gasteiger partial charge in [-0.05, 0) is 25.3 Å². The van der Waals surface area contributed by atoms with E-state index in [9.17, 15) is 18.0 Å². The smallest absolute Gasteiger partial charge is 0.352 e. The van der Waals surface area contributed by atoms with E-state index in [1.807, 2.05) is 12.2 Å². The number of anilines is 1. The number of hydrogen-bond donors (Lipinski definition) is 3. The third-order valence-electron chi connectivity index (χ3n) is 3.21. The molecule has 126 valence electrons. The minimum atomic E-state index is -4.51. The van der Waals surface area contributed by atoms with Crippen LogP contribution >= 0.6 is 0 Å². The molecule has 1 heterocycles. The number of amides is 2. The summed E-state index contributed by atoms with van der Waals surface area (Å²) in [4.78, 5) is 18.7. The highest BCUT2D eigenvalue weighted by Crippen LogP contribution is 2.27. The lowest BCUT2D eigenvalue weighted by molar-refractivity contribution is -0.141. The third kappa shape index (κ3) is 5.76. The molecule has 1 aromatic heterocycles. The van der Waals surface area contributed by atoms with Crippen LogP contribution in [0.25, 0.3) is 0 Å². The molecule has 0 unspecified atom stereocenters. The van der Waals surface area contributed by atoms with Crippen LogP contribution in [-0.2, 0) is 6.18 Å². The number of rotatable bonds is 5. The van der Waals surface area contributed by atoms with Crippen LogP contribution in [-0.4, -0.2) is 35.1 Å². The quantitative estimate of drug-likeness (QED) is 0.572. The molecule has 0 spiro atoms. The molecular formula is C14H18F3N5O. The van der Waals surface area contributed by atoms with Crippen LogP contribution in [0.2, 0.25) is 0 Å². The Bertz CT molecular complexity index is 562. The van der Waals surface area contributed by atoms with Crippen molar-refractivity contribution in [1.29, 1.82) is 0 Å². The average Bonchev–Trinajstić information content (AvgIpc) is 2.52. The first-order valence-corrected chi connectivity index (χ1v) is 7.30. The van der Waals surface area contributed by atoms with Crippen molar-refractivity contribution in [2.24, 2.45) is 0 Å². The maximum Gasteiger partial charge on any atom is 0.433 e. The SMILES string of the molecule is O=C(NCCNc1nccc(C(F)(F)F)n1)N[C@H]1C=CCCC1. The van der Waals surface area contributed by atoms with E-state index in [1.54, 1.807) is 0 Å². The number of halogens is 3.